The zero-order valence-electron chi connectivity index (χ0n) is 8.45. The number of hydrogen-bond acceptors (Lipinski definition) is 1. The summed E-state index contributed by atoms with van der Waals surface area (Å²) in [7, 11) is 0. The Balaban J connectivity index is -0.000000218. The van der Waals surface area contributed by atoms with E-state index in [0.717, 1.165) is 12.0 Å². The molecule has 0 saturated carbocycles. The number of hydrogen-bond donors (Lipinski definition) is 0. The monoisotopic (exact) mass is 530 g/mol. The van der Waals surface area contributed by atoms with Gasteiger partial charge in [-0.2, -0.15) is 36.8 Å². The van der Waals surface area contributed by atoms with Crippen molar-refractivity contribution in [2.45, 2.75) is 20.3 Å². The number of benzene rings is 1. The van der Waals surface area contributed by atoms with Gasteiger partial charge in [0, 0.05) is 42.1 Å². The van der Waals surface area contributed by atoms with Crippen LogP contribution in [0.4, 0.5) is 0 Å². The Morgan fingerprint density at radius 1 is 1.36 bits per heavy atom. The van der Waals surface area contributed by atoms with E-state index in [4.69, 9.17) is 0 Å². The van der Waals surface area contributed by atoms with Gasteiger partial charge in [0.05, 0.1) is 0 Å². The van der Waals surface area contributed by atoms with Gasteiger partial charge in [0.25, 0.3) is 0 Å². The maximum atomic E-state index is 10.6. The number of ketones is 1. The van der Waals surface area contributed by atoms with Crippen molar-refractivity contribution in [1.29, 1.82) is 0 Å². The predicted octanol–water partition coefficient (Wildman–Crippen LogP) is 2.91. The zero-order chi connectivity index (χ0) is 9.40. The second-order valence-electron chi connectivity index (χ2n) is 2.34. The van der Waals surface area contributed by atoms with Crippen LogP contribution in [0.2, 0.25) is 0 Å². The Labute approximate surface area is 115 Å². The first-order valence-corrected chi connectivity index (χ1v) is 3.98. The smallest absolute Gasteiger partial charge is 0.135 e. The van der Waals surface area contributed by atoms with E-state index in [2.05, 4.69) is 13.0 Å². The van der Waals surface area contributed by atoms with Gasteiger partial charge >= 0.3 is 0 Å². The third-order valence-corrected chi connectivity index (χ3v) is 1.12. The van der Waals surface area contributed by atoms with Crippen LogP contribution in [-0.4, -0.2) is 5.78 Å². The molecule has 0 aliphatic rings. The van der Waals surface area contributed by atoms with E-state index in [1.165, 1.54) is 0 Å². The number of rotatable bonds is 1. The number of carbonyl (C=O) groups is 1. The summed E-state index contributed by atoms with van der Waals surface area (Å²) in [6, 6.07) is 9.81. The minimum absolute atomic E-state index is 0. The van der Waals surface area contributed by atoms with Crippen LogP contribution in [0.3, 0.4) is 0 Å². The van der Waals surface area contributed by atoms with Gasteiger partial charge in [-0.15, -0.1) is 0 Å². The van der Waals surface area contributed by atoms with Gasteiger partial charge in [-0.3, -0.25) is 4.79 Å². The fourth-order valence-corrected chi connectivity index (χ4v) is 0.622. The Morgan fingerprint density at radius 3 is 1.93 bits per heavy atom. The van der Waals surface area contributed by atoms with Crippen LogP contribution in [0.15, 0.2) is 24.3 Å². The molecule has 0 amide bonds. The fraction of sp³-hybridized carbons (Fsp3) is 0.273. The van der Waals surface area contributed by atoms with Crippen LogP contribution in [0.1, 0.15) is 30.6 Å². The number of Topliss-reactive ketones (excluding diaryl/α,β-unsaturated/α-hetero) is 1. The zero-order valence-corrected chi connectivity index (χ0v) is 14.3. The molecule has 0 radical (unpaired) electrons. The molecular weight excluding hydrogens is 516 g/mol. The maximum absolute atomic E-state index is 10.6. The summed E-state index contributed by atoms with van der Waals surface area (Å²) in [5.74, 6) is 0.101. The van der Waals surface area contributed by atoms with Gasteiger partial charge in [-0.25, -0.2) is 0 Å². The Kier molecular flexibility index (Phi) is 18.7. The van der Waals surface area contributed by atoms with Crippen LogP contribution in [0, 0.1) is 13.0 Å². The van der Waals surface area contributed by atoms with E-state index >= 15 is 0 Å². The van der Waals surface area contributed by atoms with E-state index in [-0.39, 0.29) is 47.9 Å². The molecule has 0 bridgehead atoms. The van der Waals surface area contributed by atoms with E-state index in [0.29, 0.717) is 0 Å². The van der Waals surface area contributed by atoms with Gasteiger partial charge < -0.3 is 6.92 Å². The Morgan fingerprint density at radius 2 is 1.71 bits per heavy atom. The first-order valence-electron chi connectivity index (χ1n) is 3.98. The van der Waals surface area contributed by atoms with Crippen molar-refractivity contribution >= 4 is 5.78 Å². The summed E-state index contributed by atoms with van der Waals surface area (Å²) in [5.41, 5.74) is 0.744. The summed E-state index contributed by atoms with van der Waals surface area (Å²) in [4.78, 5) is 10.6. The molecule has 1 rings (SSSR count). The molecule has 14 heavy (non-hydrogen) atoms. The SMILES string of the molecule is CC(=O)c1cc[c-]cc1.[CH2-]CC.[W].[W]. The van der Waals surface area contributed by atoms with E-state index in [1.54, 1.807) is 31.2 Å². The van der Waals surface area contributed by atoms with Crippen molar-refractivity contribution in [2.24, 2.45) is 0 Å². The minimum Gasteiger partial charge on any atom is -0.344 e. The number of carbonyl (C=O) groups excluding carboxylic acids is 1. The molecule has 0 aliphatic carbocycles. The van der Waals surface area contributed by atoms with Crippen LogP contribution < -0.4 is 0 Å². The molecule has 0 unspecified atom stereocenters. The molecule has 3 heteroatoms. The van der Waals surface area contributed by atoms with E-state index in [1.807, 2.05) is 6.92 Å². The van der Waals surface area contributed by atoms with Crippen molar-refractivity contribution in [3.05, 3.63) is 42.8 Å². The molecular formula is C11H14OW2-2. The van der Waals surface area contributed by atoms with Gasteiger partial charge in [0.2, 0.25) is 0 Å². The minimum atomic E-state index is 0. The van der Waals surface area contributed by atoms with Crippen LogP contribution in [0.25, 0.3) is 0 Å². The summed E-state index contributed by atoms with van der Waals surface area (Å²) < 4.78 is 0. The van der Waals surface area contributed by atoms with E-state index in [9.17, 15) is 4.79 Å². The standard InChI is InChI=1S/C8H7O.C3H7.2W/c1-7(9)8-5-3-2-4-6-8;1-3-2;;/h3-6H,1H3;1,3H2,2H3;;/q2*-1;;. The van der Waals surface area contributed by atoms with Crippen LogP contribution >= 0.6 is 0 Å². The predicted molar refractivity (Wildman–Crippen MR) is 50.9 cm³/mol. The van der Waals surface area contributed by atoms with Gasteiger partial charge in [0.1, 0.15) is 5.78 Å². The normalized spacial score (nSPS) is 7.07. The van der Waals surface area contributed by atoms with Crippen molar-refractivity contribution in [1.82, 2.24) is 0 Å². The summed E-state index contributed by atoms with van der Waals surface area (Å²) >= 11 is 0. The van der Waals surface area contributed by atoms with E-state index < -0.39 is 0 Å². The second kappa shape index (κ2) is 13.3. The molecule has 1 aromatic carbocycles. The molecule has 0 fully saturated rings. The molecule has 1 nitrogen and oxygen atoms in total. The van der Waals surface area contributed by atoms with Gasteiger partial charge in [0.15, 0.2) is 0 Å². The molecule has 0 aromatic heterocycles. The molecule has 0 N–H and O–H groups in total. The Bertz CT molecular complexity index is 222. The Hall–Kier alpha value is 0.267. The van der Waals surface area contributed by atoms with Crippen molar-refractivity contribution < 1.29 is 46.9 Å². The first kappa shape index (κ1) is 19.8. The molecule has 78 valence electrons. The summed E-state index contributed by atoms with van der Waals surface area (Å²) in [6.07, 6.45) is 1.00. The molecule has 0 saturated heterocycles. The average molecular weight is 530 g/mol. The second-order valence-corrected chi connectivity index (χ2v) is 2.34. The van der Waals surface area contributed by atoms with Crippen molar-refractivity contribution in [3.8, 4) is 0 Å². The molecule has 1 aromatic rings. The first-order chi connectivity index (χ1) is 5.72. The van der Waals surface area contributed by atoms with Crippen LogP contribution in [-0.2, 0) is 42.1 Å². The van der Waals surface area contributed by atoms with Crippen molar-refractivity contribution in [2.75, 3.05) is 0 Å². The largest absolute Gasteiger partial charge is 0.344 e. The quantitative estimate of drug-likeness (QED) is 0.404. The van der Waals surface area contributed by atoms with Gasteiger partial charge in [-0.1, -0.05) is 12.5 Å². The van der Waals surface area contributed by atoms with Crippen molar-refractivity contribution in [3.63, 3.8) is 0 Å². The third-order valence-electron chi connectivity index (χ3n) is 1.12. The third kappa shape index (κ3) is 10.3. The molecule has 0 aliphatic heterocycles. The fourth-order valence-electron chi connectivity index (χ4n) is 0.622. The maximum Gasteiger partial charge on any atom is 0.135 e. The van der Waals surface area contributed by atoms with Crippen LogP contribution in [0.5, 0.6) is 0 Å². The summed E-state index contributed by atoms with van der Waals surface area (Å²) in [6.45, 7) is 7.05. The molecule has 0 heterocycles. The van der Waals surface area contributed by atoms with Gasteiger partial charge in [-0.05, 0) is 6.92 Å². The molecule has 0 atom stereocenters. The average Bonchev–Trinajstić information content (AvgIpc) is 2.07. The topological polar surface area (TPSA) is 17.1 Å². The summed E-state index contributed by atoms with van der Waals surface area (Å²) in [5, 5.41) is 0. The molecule has 0 spiro atoms.